The molecule has 4 aromatic rings. The molecule has 0 aliphatic carbocycles. The number of benzene rings is 3. The van der Waals surface area contributed by atoms with Crippen molar-refractivity contribution in [2.45, 2.75) is 25.8 Å². The predicted molar refractivity (Wildman–Crippen MR) is 120 cm³/mol. The van der Waals surface area contributed by atoms with Crippen LogP contribution in [0.1, 0.15) is 27.0 Å². The Morgan fingerprint density at radius 2 is 1.67 bits per heavy atom. The normalized spacial score (nSPS) is 11.9. The van der Waals surface area contributed by atoms with E-state index in [0.29, 0.717) is 18.4 Å². The van der Waals surface area contributed by atoms with Crippen molar-refractivity contribution in [1.82, 2.24) is 10.3 Å². The molecule has 0 fully saturated rings. The number of Topliss-reactive ketones (excluding diaryl/α,β-unsaturated/α-hetero) is 1. The fourth-order valence-corrected chi connectivity index (χ4v) is 3.73. The van der Waals surface area contributed by atoms with Crippen molar-refractivity contribution in [3.8, 4) is 0 Å². The van der Waals surface area contributed by atoms with Crippen molar-refractivity contribution in [2.24, 2.45) is 0 Å². The van der Waals surface area contributed by atoms with E-state index >= 15 is 0 Å². The van der Waals surface area contributed by atoms with Crippen LogP contribution in [-0.4, -0.2) is 22.7 Å². The lowest BCUT2D eigenvalue weighted by molar-refractivity contribution is -0.120. The van der Waals surface area contributed by atoms with Gasteiger partial charge in [0.2, 0.25) is 0 Å². The minimum absolute atomic E-state index is 0.00254. The summed E-state index contributed by atoms with van der Waals surface area (Å²) in [6, 6.07) is 24.5. The summed E-state index contributed by atoms with van der Waals surface area (Å²) in [4.78, 5) is 29.5. The van der Waals surface area contributed by atoms with Gasteiger partial charge in [-0.25, -0.2) is 0 Å². The third-order valence-corrected chi connectivity index (χ3v) is 5.44. The van der Waals surface area contributed by atoms with Crippen molar-refractivity contribution >= 4 is 22.6 Å². The number of aromatic amines is 1. The number of rotatable bonds is 7. The molecule has 0 bridgehead atoms. The quantitative estimate of drug-likeness (QED) is 0.478. The molecular formula is C26H24N2O2. The summed E-state index contributed by atoms with van der Waals surface area (Å²) in [5.74, 6) is -0.234. The van der Waals surface area contributed by atoms with Gasteiger partial charge in [-0.3, -0.25) is 9.59 Å². The molecule has 1 heterocycles. The van der Waals surface area contributed by atoms with Crippen molar-refractivity contribution in [2.75, 3.05) is 0 Å². The van der Waals surface area contributed by atoms with Crippen molar-refractivity contribution in [3.63, 3.8) is 0 Å². The largest absolute Gasteiger partial charge is 0.361 e. The summed E-state index contributed by atoms with van der Waals surface area (Å²) in [6.45, 7) is 2.00. The van der Waals surface area contributed by atoms with E-state index in [1.807, 2.05) is 85.9 Å². The number of H-pyrrole nitrogens is 1. The maximum Gasteiger partial charge on any atom is 0.252 e. The van der Waals surface area contributed by atoms with Gasteiger partial charge in [0.25, 0.3) is 5.91 Å². The number of aryl methyl sites for hydroxylation is 1. The zero-order valence-corrected chi connectivity index (χ0v) is 16.9. The van der Waals surface area contributed by atoms with Crippen LogP contribution in [0.15, 0.2) is 85.1 Å². The Labute approximate surface area is 175 Å². The SMILES string of the molecule is Cc1ccccc1CC(=O)C(Cc1ccccc1)NC(=O)c1cccc2[nH]ccc12. The number of ketones is 1. The lowest BCUT2D eigenvalue weighted by Crippen LogP contribution is -2.43. The van der Waals surface area contributed by atoms with Crippen LogP contribution in [0.2, 0.25) is 0 Å². The highest BCUT2D eigenvalue weighted by Gasteiger charge is 2.23. The number of hydrogen-bond donors (Lipinski definition) is 2. The molecule has 3 aromatic carbocycles. The topological polar surface area (TPSA) is 62.0 Å². The second kappa shape index (κ2) is 8.78. The van der Waals surface area contributed by atoms with Gasteiger partial charge >= 0.3 is 0 Å². The Morgan fingerprint density at radius 3 is 2.47 bits per heavy atom. The molecule has 1 atom stereocenters. The van der Waals surface area contributed by atoms with E-state index in [9.17, 15) is 9.59 Å². The van der Waals surface area contributed by atoms with Gasteiger partial charge in [-0.2, -0.15) is 0 Å². The summed E-state index contributed by atoms with van der Waals surface area (Å²) < 4.78 is 0. The first-order valence-corrected chi connectivity index (χ1v) is 10.1. The molecule has 4 heteroatoms. The number of nitrogens with one attached hydrogen (secondary N) is 2. The number of fused-ring (bicyclic) bond motifs is 1. The molecule has 0 radical (unpaired) electrons. The van der Waals surface area contributed by atoms with Crippen LogP contribution in [0.3, 0.4) is 0 Å². The summed E-state index contributed by atoms with van der Waals surface area (Å²) in [5, 5.41) is 3.85. The third kappa shape index (κ3) is 4.33. The molecule has 1 unspecified atom stereocenters. The summed E-state index contributed by atoms with van der Waals surface area (Å²) in [5.41, 5.74) is 4.54. The molecular weight excluding hydrogens is 372 g/mol. The highest BCUT2D eigenvalue weighted by molar-refractivity contribution is 6.07. The van der Waals surface area contributed by atoms with Crippen LogP contribution in [0.25, 0.3) is 10.9 Å². The highest BCUT2D eigenvalue weighted by Crippen LogP contribution is 2.18. The third-order valence-electron chi connectivity index (χ3n) is 5.44. The van der Waals surface area contributed by atoms with E-state index < -0.39 is 6.04 Å². The summed E-state index contributed by atoms with van der Waals surface area (Å²) in [7, 11) is 0. The van der Waals surface area contributed by atoms with Gasteiger partial charge in [-0.05, 0) is 48.2 Å². The zero-order valence-electron chi connectivity index (χ0n) is 16.9. The van der Waals surface area contributed by atoms with Crippen molar-refractivity contribution in [3.05, 3.63) is 107 Å². The van der Waals surface area contributed by atoms with E-state index in [1.54, 1.807) is 6.07 Å². The number of amides is 1. The second-order valence-electron chi connectivity index (χ2n) is 7.53. The highest BCUT2D eigenvalue weighted by atomic mass is 16.2. The fourth-order valence-electron chi connectivity index (χ4n) is 3.73. The van der Waals surface area contributed by atoms with Gasteiger partial charge in [0.1, 0.15) is 0 Å². The Balaban J connectivity index is 1.59. The van der Waals surface area contributed by atoms with E-state index in [-0.39, 0.29) is 11.7 Å². The van der Waals surface area contributed by atoms with Crippen LogP contribution in [0.5, 0.6) is 0 Å². The monoisotopic (exact) mass is 396 g/mol. The smallest absolute Gasteiger partial charge is 0.252 e. The standard InChI is InChI=1S/C26H24N2O2/c1-18-8-5-6-11-20(18)17-25(29)24(16-19-9-3-2-4-10-19)28-26(30)22-12-7-13-23-21(22)14-15-27-23/h2-15,24,27H,16-17H2,1H3,(H,28,30). The zero-order chi connectivity index (χ0) is 20.9. The van der Waals surface area contributed by atoms with Gasteiger partial charge in [0, 0.05) is 29.1 Å². The first-order chi connectivity index (χ1) is 14.6. The number of aromatic nitrogens is 1. The lowest BCUT2D eigenvalue weighted by Gasteiger charge is -2.19. The van der Waals surface area contributed by atoms with Crippen LogP contribution in [-0.2, 0) is 17.6 Å². The van der Waals surface area contributed by atoms with E-state index in [4.69, 9.17) is 0 Å². The van der Waals surface area contributed by atoms with Crippen molar-refractivity contribution < 1.29 is 9.59 Å². The number of hydrogen-bond acceptors (Lipinski definition) is 2. The van der Waals surface area contributed by atoms with E-state index in [2.05, 4.69) is 10.3 Å². The molecule has 0 spiro atoms. The van der Waals surface area contributed by atoms with E-state index in [1.165, 1.54) is 0 Å². The van der Waals surface area contributed by atoms with Crippen LogP contribution in [0, 0.1) is 6.92 Å². The first kappa shape index (κ1) is 19.6. The molecule has 150 valence electrons. The van der Waals surface area contributed by atoms with E-state index in [0.717, 1.165) is 27.6 Å². The van der Waals surface area contributed by atoms with Crippen molar-refractivity contribution in [1.29, 1.82) is 0 Å². The Morgan fingerprint density at radius 1 is 0.900 bits per heavy atom. The molecule has 0 aliphatic rings. The lowest BCUT2D eigenvalue weighted by atomic mass is 9.95. The summed E-state index contributed by atoms with van der Waals surface area (Å²) >= 11 is 0. The number of carbonyl (C=O) groups is 2. The predicted octanol–water partition coefficient (Wildman–Crippen LogP) is 4.63. The second-order valence-corrected chi connectivity index (χ2v) is 7.53. The summed E-state index contributed by atoms with van der Waals surface area (Å²) in [6.07, 6.45) is 2.56. The Bertz CT molecular complexity index is 1180. The average Bonchev–Trinajstić information content (AvgIpc) is 3.24. The van der Waals surface area contributed by atoms with Crippen LogP contribution >= 0.6 is 0 Å². The Hall–Kier alpha value is -3.66. The molecule has 0 saturated heterocycles. The average molecular weight is 396 g/mol. The molecule has 30 heavy (non-hydrogen) atoms. The molecule has 1 amide bonds. The maximum atomic E-state index is 13.2. The molecule has 1 aromatic heterocycles. The van der Waals surface area contributed by atoms with Gasteiger partial charge < -0.3 is 10.3 Å². The molecule has 4 rings (SSSR count). The van der Waals surface area contributed by atoms with Gasteiger partial charge in [-0.15, -0.1) is 0 Å². The molecule has 0 aliphatic heterocycles. The minimum atomic E-state index is -0.603. The molecule has 2 N–H and O–H groups in total. The molecule has 0 saturated carbocycles. The van der Waals surface area contributed by atoms with Gasteiger partial charge in [0.05, 0.1) is 6.04 Å². The van der Waals surface area contributed by atoms with Gasteiger partial charge in [-0.1, -0.05) is 60.7 Å². The fraction of sp³-hybridized carbons (Fsp3) is 0.154. The van der Waals surface area contributed by atoms with Gasteiger partial charge in [0.15, 0.2) is 5.78 Å². The maximum absolute atomic E-state index is 13.2. The van der Waals surface area contributed by atoms with Crippen LogP contribution in [0.4, 0.5) is 0 Å². The number of carbonyl (C=O) groups excluding carboxylic acids is 2. The Kier molecular flexibility index (Phi) is 5.75. The minimum Gasteiger partial charge on any atom is -0.361 e. The first-order valence-electron chi connectivity index (χ1n) is 10.1. The molecule has 4 nitrogen and oxygen atoms in total. The van der Waals surface area contributed by atoms with Crippen LogP contribution < -0.4 is 5.32 Å².